The van der Waals surface area contributed by atoms with E-state index in [1.807, 2.05) is 0 Å². The molecule has 0 aliphatic heterocycles. The van der Waals surface area contributed by atoms with Gasteiger partial charge >= 0.3 is 0 Å². The molecule has 102 valence electrons. The number of nitrogens with two attached hydrogens (primary N) is 1. The van der Waals surface area contributed by atoms with Crippen LogP contribution in [0.5, 0.6) is 0 Å². The molecule has 5 heteroatoms. The zero-order chi connectivity index (χ0) is 14.5. The zero-order valence-electron chi connectivity index (χ0n) is 10.7. The summed E-state index contributed by atoms with van der Waals surface area (Å²) in [6, 6.07) is 13.0. The minimum absolute atomic E-state index is 0.0863. The highest BCUT2D eigenvalue weighted by atomic mass is 16.3. The first-order chi connectivity index (χ1) is 9.60. The molecule has 0 heterocycles. The predicted molar refractivity (Wildman–Crippen MR) is 75.3 cm³/mol. The number of carbonyl (C=O) groups excluding carboxylic acids is 2. The Bertz CT molecular complexity index is 636. The van der Waals surface area contributed by atoms with E-state index in [2.05, 4.69) is 5.32 Å². The summed E-state index contributed by atoms with van der Waals surface area (Å²) in [5.74, 6) is -0.830. The summed E-state index contributed by atoms with van der Waals surface area (Å²) in [6.45, 7) is -0.0863. The van der Waals surface area contributed by atoms with Gasteiger partial charge in [-0.25, -0.2) is 0 Å². The Morgan fingerprint density at radius 2 is 1.70 bits per heavy atom. The molecule has 0 atom stereocenters. The number of hydrogen-bond donors (Lipinski definition) is 3. The maximum absolute atomic E-state index is 12.0. The van der Waals surface area contributed by atoms with Crippen molar-refractivity contribution < 1.29 is 14.7 Å². The van der Waals surface area contributed by atoms with Gasteiger partial charge in [0, 0.05) is 16.8 Å². The SMILES string of the molecule is NC(=O)c1ccc(C(=O)Nc2cccc(CO)c2)cc1. The van der Waals surface area contributed by atoms with E-state index in [0.29, 0.717) is 22.4 Å². The standard InChI is InChI=1S/C15H14N2O3/c16-14(19)11-4-6-12(7-5-11)15(20)17-13-3-1-2-10(8-13)9-18/h1-8,18H,9H2,(H2,16,19)(H,17,20). The van der Waals surface area contributed by atoms with Crippen LogP contribution >= 0.6 is 0 Å². The molecule has 0 bridgehead atoms. The van der Waals surface area contributed by atoms with Crippen molar-refractivity contribution >= 4 is 17.5 Å². The van der Waals surface area contributed by atoms with Crippen LogP contribution in [0.2, 0.25) is 0 Å². The smallest absolute Gasteiger partial charge is 0.255 e. The number of benzene rings is 2. The average Bonchev–Trinajstić information content (AvgIpc) is 2.47. The van der Waals surface area contributed by atoms with Gasteiger partial charge in [0.25, 0.3) is 5.91 Å². The summed E-state index contributed by atoms with van der Waals surface area (Å²) in [6.07, 6.45) is 0. The molecular formula is C15H14N2O3. The van der Waals surface area contributed by atoms with Crippen LogP contribution < -0.4 is 11.1 Å². The molecule has 2 rings (SSSR count). The first-order valence-electron chi connectivity index (χ1n) is 6.01. The van der Waals surface area contributed by atoms with Crippen molar-refractivity contribution in [2.75, 3.05) is 5.32 Å². The lowest BCUT2D eigenvalue weighted by atomic mass is 10.1. The zero-order valence-corrected chi connectivity index (χ0v) is 10.7. The fourth-order valence-electron chi connectivity index (χ4n) is 1.74. The second kappa shape index (κ2) is 5.99. The number of nitrogens with one attached hydrogen (secondary N) is 1. The van der Waals surface area contributed by atoms with Gasteiger partial charge in [0.2, 0.25) is 5.91 Å². The van der Waals surface area contributed by atoms with Crippen LogP contribution in [0.25, 0.3) is 0 Å². The van der Waals surface area contributed by atoms with Crippen molar-refractivity contribution in [2.24, 2.45) is 5.73 Å². The van der Waals surface area contributed by atoms with Crippen LogP contribution in [0, 0.1) is 0 Å². The number of hydrogen-bond acceptors (Lipinski definition) is 3. The number of amides is 2. The van der Waals surface area contributed by atoms with Crippen LogP contribution in [0.4, 0.5) is 5.69 Å². The van der Waals surface area contributed by atoms with E-state index in [-0.39, 0.29) is 12.5 Å². The van der Waals surface area contributed by atoms with Crippen molar-refractivity contribution in [1.82, 2.24) is 0 Å². The van der Waals surface area contributed by atoms with Gasteiger partial charge in [0.15, 0.2) is 0 Å². The van der Waals surface area contributed by atoms with Gasteiger partial charge in [-0.05, 0) is 42.0 Å². The second-order valence-corrected chi connectivity index (χ2v) is 4.25. The van der Waals surface area contributed by atoms with Crippen molar-refractivity contribution in [3.05, 3.63) is 65.2 Å². The van der Waals surface area contributed by atoms with Crippen molar-refractivity contribution in [2.45, 2.75) is 6.61 Å². The third kappa shape index (κ3) is 3.21. The average molecular weight is 270 g/mol. The number of carbonyl (C=O) groups is 2. The molecule has 0 unspecified atom stereocenters. The number of aliphatic hydroxyl groups excluding tert-OH is 1. The third-order valence-electron chi connectivity index (χ3n) is 2.80. The lowest BCUT2D eigenvalue weighted by Gasteiger charge is -2.07. The van der Waals surface area contributed by atoms with E-state index in [4.69, 9.17) is 10.8 Å². The Kier molecular flexibility index (Phi) is 4.12. The highest BCUT2D eigenvalue weighted by Gasteiger charge is 2.07. The van der Waals surface area contributed by atoms with Crippen LogP contribution in [0.1, 0.15) is 26.3 Å². The molecule has 5 nitrogen and oxygen atoms in total. The molecule has 2 amide bonds. The molecule has 0 radical (unpaired) electrons. The Morgan fingerprint density at radius 1 is 1.05 bits per heavy atom. The summed E-state index contributed by atoms with van der Waals surface area (Å²) in [5.41, 5.74) is 7.22. The molecule has 0 saturated carbocycles. The maximum atomic E-state index is 12.0. The highest BCUT2D eigenvalue weighted by molar-refractivity contribution is 6.05. The lowest BCUT2D eigenvalue weighted by Crippen LogP contribution is -2.14. The Hall–Kier alpha value is -2.66. The van der Waals surface area contributed by atoms with Gasteiger partial charge in [-0.1, -0.05) is 12.1 Å². The van der Waals surface area contributed by atoms with Gasteiger partial charge in [0.05, 0.1) is 6.61 Å². The number of primary amides is 1. The first kappa shape index (κ1) is 13.8. The summed E-state index contributed by atoms with van der Waals surface area (Å²) >= 11 is 0. The molecule has 2 aromatic carbocycles. The van der Waals surface area contributed by atoms with Gasteiger partial charge in [-0.2, -0.15) is 0 Å². The number of anilines is 1. The third-order valence-corrected chi connectivity index (χ3v) is 2.80. The lowest BCUT2D eigenvalue weighted by molar-refractivity contribution is 0.0995. The topological polar surface area (TPSA) is 92.4 Å². The number of aliphatic hydroxyl groups is 1. The molecule has 0 aliphatic carbocycles. The molecule has 4 N–H and O–H groups in total. The minimum atomic E-state index is -0.535. The predicted octanol–water partition coefficient (Wildman–Crippen LogP) is 1.53. The fourth-order valence-corrected chi connectivity index (χ4v) is 1.74. The molecular weight excluding hydrogens is 256 g/mol. The first-order valence-corrected chi connectivity index (χ1v) is 6.01. The van der Waals surface area contributed by atoms with Gasteiger partial charge in [-0.3, -0.25) is 9.59 Å². The van der Waals surface area contributed by atoms with E-state index in [1.165, 1.54) is 24.3 Å². The maximum Gasteiger partial charge on any atom is 0.255 e. The van der Waals surface area contributed by atoms with Crippen LogP contribution in [-0.4, -0.2) is 16.9 Å². The van der Waals surface area contributed by atoms with Gasteiger partial charge < -0.3 is 16.2 Å². The van der Waals surface area contributed by atoms with Crippen LogP contribution in [-0.2, 0) is 6.61 Å². The Morgan fingerprint density at radius 3 is 2.30 bits per heavy atom. The van der Waals surface area contributed by atoms with Crippen LogP contribution in [0.15, 0.2) is 48.5 Å². The second-order valence-electron chi connectivity index (χ2n) is 4.25. The van der Waals surface area contributed by atoms with Gasteiger partial charge in [-0.15, -0.1) is 0 Å². The number of rotatable bonds is 4. The van der Waals surface area contributed by atoms with Gasteiger partial charge in [0.1, 0.15) is 0 Å². The molecule has 20 heavy (non-hydrogen) atoms. The molecule has 0 fully saturated rings. The summed E-state index contributed by atoms with van der Waals surface area (Å²) in [7, 11) is 0. The monoisotopic (exact) mass is 270 g/mol. The molecule has 2 aromatic rings. The summed E-state index contributed by atoms with van der Waals surface area (Å²) in [5, 5.41) is 11.8. The van der Waals surface area contributed by atoms with Crippen molar-refractivity contribution in [3.63, 3.8) is 0 Å². The molecule has 0 saturated heterocycles. The minimum Gasteiger partial charge on any atom is -0.392 e. The van der Waals surface area contributed by atoms with E-state index in [1.54, 1.807) is 24.3 Å². The van der Waals surface area contributed by atoms with E-state index in [9.17, 15) is 9.59 Å². The Balaban J connectivity index is 2.13. The Labute approximate surface area is 116 Å². The van der Waals surface area contributed by atoms with E-state index in [0.717, 1.165) is 0 Å². The fraction of sp³-hybridized carbons (Fsp3) is 0.0667. The molecule has 0 aliphatic rings. The molecule has 0 spiro atoms. The normalized spacial score (nSPS) is 10.1. The van der Waals surface area contributed by atoms with E-state index >= 15 is 0 Å². The van der Waals surface area contributed by atoms with Crippen molar-refractivity contribution in [1.29, 1.82) is 0 Å². The molecule has 0 aromatic heterocycles. The summed E-state index contributed by atoms with van der Waals surface area (Å²) in [4.78, 5) is 22.9. The summed E-state index contributed by atoms with van der Waals surface area (Å²) < 4.78 is 0. The van der Waals surface area contributed by atoms with Crippen molar-refractivity contribution in [3.8, 4) is 0 Å². The highest BCUT2D eigenvalue weighted by Crippen LogP contribution is 2.13. The quantitative estimate of drug-likeness (QED) is 0.786. The largest absolute Gasteiger partial charge is 0.392 e. The van der Waals surface area contributed by atoms with E-state index < -0.39 is 5.91 Å². The van der Waals surface area contributed by atoms with Crippen LogP contribution in [0.3, 0.4) is 0 Å².